The zero-order valence-electron chi connectivity index (χ0n) is 14.0. The van der Waals surface area contributed by atoms with Gasteiger partial charge in [0.05, 0.1) is 6.54 Å². The number of likely N-dealkylation sites (N-methyl/N-ethyl adjacent to an activating group) is 1. The van der Waals surface area contributed by atoms with E-state index in [2.05, 4.69) is 31.4 Å². The summed E-state index contributed by atoms with van der Waals surface area (Å²) in [6.45, 7) is 9.88. The van der Waals surface area contributed by atoms with E-state index in [9.17, 15) is 9.59 Å². The van der Waals surface area contributed by atoms with Gasteiger partial charge < -0.3 is 15.7 Å². The number of nitrogens with one attached hydrogen (secondary N) is 2. The highest BCUT2D eigenvalue weighted by atomic mass is 32.2. The molecule has 128 valence electrons. The van der Waals surface area contributed by atoms with E-state index in [4.69, 9.17) is 5.11 Å². The lowest BCUT2D eigenvalue weighted by Gasteiger charge is -2.42. The first-order valence-electron chi connectivity index (χ1n) is 7.85. The molecule has 0 aliphatic heterocycles. The Hall–Kier alpha value is -0.950. The number of carbonyl (C=O) groups excluding carboxylic acids is 1. The third-order valence-electron chi connectivity index (χ3n) is 3.63. The Morgan fingerprint density at radius 1 is 1.32 bits per heavy atom. The molecular weight excluding hydrogens is 302 g/mol. The van der Waals surface area contributed by atoms with Crippen molar-refractivity contribution in [3.8, 4) is 0 Å². The Kier molecular flexibility index (Phi) is 7.48. The van der Waals surface area contributed by atoms with Crippen molar-refractivity contribution in [1.29, 1.82) is 0 Å². The Morgan fingerprint density at radius 2 is 1.95 bits per heavy atom. The predicted octanol–water partition coefficient (Wildman–Crippen LogP) is 1.75. The second-order valence-electron chi connectivity index (χ2n) is 6.64. The molecule has 0 bridgehead atoms. The molecule has 1 aliphatic rings. The first-order chi connectivity index (χ1) is 10.2. The molecule has 2 amide bonds. The van der Waals surface area contributed by atoms with Gasteiger partial charge in [0.1, 0.15) is 0 Å². The van der Waals surface area contributed by atoms with E-state index in [-0.39, 0.29) is 29.4 Å². The molecule has 3 N–H and O–H groups in total. The number of hydrogen-bond donors (Lipinski definition) is 3. The number of thioether (sulfide) groups is 1. The largest absolute Gasteiger partial charge is 0.480 e. The molecule has 0 spiro atoms. The molecule has 0 aromatic rings. The van der Waals surface area contributed by atoms with Gasteiger partial charge in [-0.3, -0.25) is 9.69 Å². The fraction of sp³-hybridized carbons (Fsp3) is 0.867. The number of urea groups is 1. The molecule has 1 rings (SSSR count). The molecule has 0 aromatic heterocycles. The minimum Gasteiger partial charge on any atom is -0.480 e. The zero-order valence-corrected chi connectivity index (χ0v) is 14.8. The van der Waals surface area contributed by atoms with Crippen molar-refractivity contribution in [3.05, 3.63) is 0 Å². The fourth-order valence-electron chi connectivity index (χ4n) is 2.43. The molecule has 22 heavy (non-hydrogen) atoms. The maximum absolute atomic E-state index is 11.8. The van der Waals surface area contributed by atoms with Crippen LogP contribution in [0, 0.1) is 0 Å². The van der Waals surface area contributed by atoms with Gasteiger partial charge in [0.25, 0.3) is 0 Å². The number of carboxylic acids is 1. The summed E-state index contributed by atoms with van der Waals surface area (Å²) in [5, 5.41) is 14.7. The van der Waals surface area contributed by atoms with E-state index >= 15 is 0 Å². The topological polar surface area (TPSA) is 81.7 Å². The molecule has 1 aliphatic carbocycles. The lowest BCUT2D eigenvalue weighted by Crippen LogP contribution is -2.56. The minimum atomic E-state index is -0.799. The molecule has 0 unspecified atom stereocenters. The number of rotatable bonds is 8. The normalized spacial score (nSPS) is 21.3. The molecule has 0 heterocycles. The maximum Gasteiger partial charge on any atom is 0.317 e. The molecule has 0 saturated heterocycles. The Balaban J connectivity index is 2.14. The van der Waals surface area contributed by atoms with Crippen LogP contribution in [0.4, 0.5) is 4.79 Å². The summed E-state index contributed by atoms with van der Waals surface area (Å²) >= 11 is 1.82. The van der Waals surface area contributed by atoms with E-state index in [1.807, 2.05) is 23.6 Å². The average Bonchev–Trinajstić information content (AvgIpc) is 2.35. The molecule has 1 fully saturated rings. The van der Waals surface area contributed by atoms with Crippen LogP contribution in [0.3, 0.4) is 0 Å². The summed E-state index contributed by atoms with van der Waals surface area (Å²) in [4.78, 5) is 24.5. The van der Waals surface area contributed by atoms with Crippen LogP contribution in [-0.4, -0.2) is 64.2 Å². The maximum atomic E-state index is 11.8. The minimum absolute atomic E-state index is 0.0735. The summed E-state index contributed by atoms with van der Waals surface area (Å²) in [5.41, 5.74) is 0. The molecular formula is C15H29N3O3S. The fourth-order valence-corrected chi connectivity index (χ4v) is 3.25. The van der Waals surface area contributed by atoms with E-state index in [0.29, 0.717) is 6.54 Å². The van der Waals surface area contributed by atoms with Gasteiger partial charge in [0, 0.05) is 29.1 Å². The van der Waals surface area contributed by atoms with Gasteiger partial charge in [-0.15, -0.1) is 0 Å². The molecule has 1 saturated carbocycles. The van der Waals surface area contributed by atoms with Crippen molar-refractivity contribution in [2.75, 3.05) is 25.4 Å². The highest BCUT2D eigenvalue weighted by Crippen LogP contribution is 2.25. The smallest absolute Gasteiger partial charge is 0.317 e. The van der Waals surface area contributed by atoms with Crippen molar-refractivity contribution in [1.82, 2.24) is 15.5 Å². The van der Waals surface area contributed by atoms with Gasteiger partial charge >= 0.3 is 12.0 Å². The molecule has 0 radical (unpaired) electrons. The van der Waals surface area contributed by atoms with Crippen LogP contribution in [0.25, 0.3) is 0 Å². The van der Waals surface area contributed by atoms with Crippen LogP contribution in [0.5, 0.6) is 0 Å². The SMILES string of the molecule is CCN(CC(=O)O)C1CC(NC(=O)NCCSC(C)(C)C)C1. The number of hydrogen-bond acceptors (Lipinski definition) is 4. The van der Waals surface area contributed by atoms with Crippen molar-refractivity contribution in [2.45, 2.75) is 57.4 Å². The number of carboxylic acid groups (broad SMARTS) is 1. The van der Waals surface area contributed by atoms with Crippen LogP contribution in [-0.2, 0) is 4.79 Å². The van der Waals surface area contributed by atoms with E-state index in [1.54, 1.807) is 0 Å². The average molecular weight is 331 g/mol. The zero-order chi connectivity index (χ0) is 16.8. The third kappa shape index (κ3) is 7.35. The standard InChI is InChI=1S/C15H29N3O3S/c1-5-18(10-13(19)20)12-8-11(9-12)17-14(21)16-6-7-22-15(2,3)4/h11-12H,5-10H2,1-4H3,(H,19,20)(H2,16,17,21). The second kappa shape index (κ2) is 8.62. The first-order valence-corrected chi connectivity index (χ1v) is 8.84. The van der Waals surface area contributed by atoms with Crippen LogP contribution < -0.4 is 10.6 Å². The van der Waals surface area contributed by atoms with Crippen molar-refractivity contribution < 1.29 is 14.7 Å². The third-order valence-corrected chi connectivity index (χ3v) is 4.91. The monoisotopic (exact) mass is 331 g/mol. The highest BCUT2D eigenvalue weighted by Gasteiger charge is 2.34. The summed E-state index contributed by atoms with van der Waals surface area (Å²) < 4.78 is 0.215. The summed E-state index contributed by atoms with van der Waals surface area (Å²) in [7, 11) is 0. The van der Waals surface area contributed by atoms with Crippen LogP contribution in [0.15, 0.2) is 0 Å². The number of aliphatic carboxylic acids is 1. The summed E-state index contributed by atoms with van der Waals surface area (Å²) in [5.74, 6) is 0.0965. The van der Waals surface area contributed by atoms with E-state index in [0.717, 1.165) is 25.1 Å². The number of amides is 2. The predicted molar refractivity (Wildman–Crippen MR) is 90.4 cm³/mol. The van der Waals surface area contributed by atoms with Crippen molar-refractivity contribution in [2.24, 2.45) is 0 Å². The van der Waals surface area contributed by atoms with Gasteiger partial charge in [0.2, 0.25) is 0 Å². The van der Waals surface area contributed by atoms with Gasteiger partial charge in [-0.05, 0) is 19.4 Å². The van der Waals surface area contributed by atoms with E-state index < -0.39 is 5.97 Å². The molecule has 0 atom stereocenters. The number of nitrogens with zero attached hydrogens (tertiary/aromatic N) is 1. The Bertz CT molecular complexity index is 379. The van der Waals surface area contributed by atoms with Crippen LogP contribution >= 0.6 is 11.8 Å². The molecule has 6 nitrogen and oxygen atoms in total. The summed E-state index contributed by atoms with van der Waals surface area (Å²) in [6, 6.07) is 0.296. The van der Waals surface area contributed by atoms with Crippen molar-refractivity contribution >= 4 is 23.8 Å². The van der Waals surface area contributed by atoms with Gasteiger partial charge in [-0.25, -0.2) is 4.79 Å². The highest BCUT2D eigenvalue weighted by molar-refractivity contribution is 8.00. The van der Waals surface area contributed by atoms with Gasteiger partial charge in [0.15, 0.2) is 0 Å². The van der Waals surface area contributed by atoms with Crippen molar-refractivity contribution in [3.63, 3.8) is 0 Å². The summed E-state index contributed by atoms with van der Waals surface area (Å²) in [6.07, 6.45) is 1.65. The van der Waals surface area contributed by atoms with Gasteiger partial charge in [-0.1, -0.05) is 27.7 Å². The number of carbonyl (C=O) groups is 2. The van der Waals surface area contributed by atoms with Crippen LogP contribution in [0.2, 0.25) is 0 Å². The Labute approximate surface area is 137 Å². The lowest BCUT2D eigenvalue weighted by atomic mass is 9.85. The van der Waals surface area contributed by atoms with Crippen LogP contribution in [0.1, 0.15) is 40.5 Å². The van der Waals surface area contributed by atoms with Gasteiger partial charge in [-0.2, -0.15) is 11.8 Å². The molecule has 0 aromatic carbocycles. The van der Waals surface area contributed by atoms with E-state index in [1.165, 1.54) is 0 Å². The Morgan fingerprint density at radius 3 is 2.45 bits per heavy atom. The lowest BCUT2D eigenvalue weighted by molar-refractivity contribution is -0.139. The molecule has 7 heteroatoms. The second-order valence-corrected chi connectivity index (χ2v) is 8.56. The first kappa shape index (κ1) is 19.1. The quantitative estimate of drug-likeness (QED) is 0.590.